The van der Waals surface area contributed by atoms with Crippen molar-refractivity contribution in [1.29, 1.82) is 0 Å². The van der Waals surface area contributed by atoms with E-state index in [-0.39, 0.29) is 0 Å². The molecule has 2 rings (SSSR count). The molecule has 0 N–H and O–H groups in total. The maximum atomic E-state index is 12.5. The summed E-state index contributed by atoms with van der Waals surface area (Å²) in [5.41, 5.74) is 0.861. The molecular formula is C10H6BrFN2. The molecule has 0 bridgehead atoms. The molecule has 0 aliphatic carbocycles. The van der Waals surface area contributed by atoms with Gasteiger partial charge in [0.2, 0.25) is 0 Å². The largest absolute Gasteiger partial charge is 0.233 e. The molecule has 1 aromatic heterocycles. The van der Waals surface area contributed by atoms with Gasteiger partial charge in [-0.3, -0.25) is 0 Å². The predicted molar refractivity (Wildman–Crippen MR) is 55.1 cm³/mol. The van der Waals surface area contributed by atoms with Crippen LogP contribution in [0.5, 0.6) is 0 Å². The number of hydrogen-bond donors (Lipinski definition) is 0. The maximum Gasteiger partial charge on any atom is 0.159 e. The van der Waals surface area contributed by atoms with E-state index < -0.39 is 5.82 Å². The highest BCUT2D eigenvalue weighted by Gasteiger charge is 2.00. The molecule has 0 saturated heterocycles. The molecule has 0 amide bonds. The summed E-state index contributed by atoms with van der Waals surface area (Å²) in [4.78, 5) is 7.77. The lowest BCUT2D eigenvalue weighted by Gasteiger charge is -1.99. The van der Waals surface area contributed by atoms with Gasteiger partial charge in [0, 0.05) is 10.0 Å². The van der Waals surface area contributed by atoms with Crippen LogP contribution in [-0.4, -0.2) is 9.97 Å². The van der Waals surface area contributed by atoms with Gasteiger partial charge in [-0.15, -0.1) is 0 Å². The molecule has 0 spiro atoms. The van der Waals surface area contributed by atoms with Crippen molar-refractivity contribution in [3.63, 3.8) is 0 Å². The van der Waals surface area contributed by atoms with Crippen LogP contribution in [-0.2, 0) is 0 Å². The summed E-state index contributed by atoms with van der Waals surface area (Å²) in [7, 11) is 0. The third-order valence-electron chi connectivity index (χ3n) is 1.70. The van der Waals surface area contributed by atoms with Crippen LogP contribution in [0.2, 0.25) is 0 Å². The van der Waals surface area contributed by atoms with Crippen molar-refractivity contribution in [1.82, 2.24) is 9.97 Å². The predicted octanol–water partition coefficient (Wildman–Crippen LogP) is 3.05. The summed E-state index contributed by atoms with van der Waals surface area (Å²) in [6, 6.07) is 7.55. The van der Waals surface area contributed by atoms with E-state index in [1.165, 1.54) is 0 Å². The Morgan fingerprint density at radius 1 is 1.14 bits per heavy atom. The van der Waals surface area contributed by atoms with Crippen LogP contribution in [0.25, 0.3) is 11.4 Å². The van der Waals surface area contributed by atoms with Crippen LogP contribution in [0, 0.1) is 5.82 Å². The van der Waals surface area contributed by atoms with Gasteiger partial charge in [0.25, 0.3) is 0 Å². The first kappa shape index (κ1) is 9.27. The summed E-state index contributed by atoms with van der Waals surface area (Å²) < 4.78 is 13.5. The zero-order chi connectivity index (χ0) is 9.97. The van der Waals surface area contributed by atoms with E-state index in [9.17, 15) is 4.39 Å². The molecule has 1 heterocycles. The Hall–Kier alpha value is -1.29. The minimum absolute atomic E-state index is 0.427. The van der Waals surface area contributed by atoms with Crippen molar-refractivity contribution in [2.75, 3.05) is 0 Å². The number of nitrogens with zero attached hydrogens (tertiary/aromatic N) is 2. The third-order valence-corrected chi connectivity index (χ3v) is 2.20. The fraction of sp³-hybridized carbons (Fsp3) is 0. The topological polar surface area (TPSA) is 25.8 Å². The lowest BCUT2D eigenvalue weighted by atomic mass is 10.2. The smallest absolute Gasteiger partial charge is 0.159 e. The summed E-state index contributed by atoms with van der Waals surface area (Å²) >= 11 is 3.34. The lowest BCUT2D eigenvalue weighted by Crippen LogP contribution is -1.89. The van der Waals surface area contributed by atoms with Crippen LogP contribution in [0.15, 0.2) is 41.1 Å². The van der Waals surface area contributed by atoms with Crippen LogP contribution in [0.1, 0.15) is 0 Å². The van der Waals surface area contributed by atoms with Crippen molar-refractivity contribution in [2.24, 2.45) is 0 Å². The number of rotatable bonds is 1. The quantitative estimate of drug-likeness (QED) is 0.780. The molecule has 0 radical (unpaired) electrons. The zero-order valence-electron chi connectivity index (χ0n) is 7.11. The molecular weight excluding hydrogens is 247 g/mol. The van der Waals surface area contributed by atoms with Gasteiger partial charge >= 0.3 is 0 Å². The van der Waals surface area contributed by atoms with E-state index >= 15 is 0 Å². The van der Waals surface area contributed by atoms with Gasteiger partial charge in [-0.2, -0.15) is 0 Å². The number of hydrogen-bond acceptors (Lipinski definition) is 2. The summed E-state index contributed by atoms with van der Waals surface area (Å²) in [5, 5.41) is 0. The maximum absolute atomic E-state index is 12.5. The average molecular weight is 253 g/mol. The molecule has 0 atom stereocenters. The van der Waals surface area contributed by atoms with Crippen LogP contribution >= 0.6 is 15.9 Å². The second kappa shape index (κ2) is 3.84. The first-order valence-electron chi connectivity index (χ1n) is 3.99. The Morgan fingerprint density at radius 3 is 2.50 bits per heavy atom. The number of aromatic nitrogens is 2. The van der Waals surface area contributed by atoms with Crippen molar-refractivity contribution < 1.29 is 4.39 Å². The minimum atomic E-state index is -0.427. The highest BCUT2D eigenvalue weighted by atomic mass is 79.9. The van der Waals surface area contributed by atoms with Crippen LogP contribution in [0.3, 0.4) is 0 Å². The van der Waals surface area contributed by atoms with E-state index in [1.54, 1.807) is 0 Å². The lowest BCUT2D eigenvalue weighted by molar-refractivity contribution is 0.614. The van der Waals surface area contributed by atoms with Crippen LogP contribution < -0.4 is 0 Å². The van der Waals surface area contributed by atoms with Gasteiger partial charge < -0.3 is 0 Å². The molecule has 4 heteroatoms. The van der Waals surface area contributed by atoms with E-state index in [0.717, 1.165) is 22.4 Å². The Balaban J connectivity index is 2.44. The van der Waals surface area contributed by atoms with Gasteiger partial charge in [0.15, 0.2) is 11.6 Å². The average Bonchev–Trinajstić information content (AvgIpc) is 2.19. The fourth-order valence-electron chi connectivity index (χ4n) is 1.09. The summed E-state index contributed by atoms with van der Waals surface area (Å²) in [5.74, 6) is 0.0939. The molecule has 0 aliphatic rings. The second-order valence-electron chi connectivity index (χ2n) is 2.74. The molecule has 2 aromatic rings. The van der Waals surface area contributed by atoms with E-state index in [1.807, 2.05) is 24.3 Å². The molecule has 0 fully saturated rings. The summed E-state index contributed by atoms with van der Waals surface area (Å²) in [6.45, 7) is 0. The van der Waals surface area contributed by atoms with E-state index in [4.69, 9.17) is 0 Å². The van der Waals surface area contributed by atoms with E-state index in [2.05, 4.69) is 25.9 Å². The highest BCUT2D eigenvalue weighted by Crippen LogP contribution is 2.19. The van der Waals surface area contributed by atoms with Gasteiger partial charge in [0.05, 0.1) is 12.4 Å². The van der Waals surface area contributed by atoms with Crippen LogP contribution in [0.4, 0.5) is 4.39 Å². The standard InChI is InChI=1S/C10H6BrFN2/c11-8-3-1-2-7(4-8)10-13-5-9(12)6-14-10/h1-6H. The van der Waals surface area contributed by atoms with Crippen molar-refractivity contribution in [3.05, 3.63) is 46.9 Å². The first-order valence-corrected chi connectivity index (χ1v) is 4.78. The van der Waals surface area contributed by atoms with Gasteiger partial charge in [-0.25, -0.2) is 14.4 Å². The SMILES string of the molecule is Fc1cnc(-c2cccc(Br)c2)nc1. The molecule has 1 aromatic carbocycles. The molecule has 70 valence electrons. The van der Waals surface area contributed by atoms with Gasteiger partial charge in [-0.05, 0) is 12.1 Å². The highest BCUT2D eigenvalue weighted by molar-refractivity contribution is 9.10. The number of halogens is 2. The molecule has 2 nitrogen and oxygen atoms in total. The van der Waals surface area contributed by atoms with Crippen molar-refractivity contribution in [2.45, 2.75) is 0 Å². The molecule has 0 aliphatic heterocycles. The normalized spacial score (nSPS) is 10.1. The Kier molecular flexibility index (Phi) is 2.54. The van der Waals surface area contributed by atoms with Crippen molar-refractivity contribution >= 4 is 15.9 Å². The molecule has 14 heavy (non-hydrogen) atoms. The Morgan fingerprint density at radius 2 is 1.86 bits per heavy atom. The van der Waals surface area contributed by atoms with Gasteiger partial charge in [0.1, 0.15) is 0 Å². The van der Waals surface area contributed by atoms with Crippen molar-refractivity contribution in [3.8, 4) is 11.4 Å². The third kappa shape index (κ3) is 1.96. The molecule has 0 unspecified atom stereocenters. The Labute approximate surface area is 89.0 Å². The number of benzene rings is 1. The van der Waals surface area contributed by atoms with Gasteiger partial charge in [-0.1, -0.05) is 28.1 Å². The zero-order valence-corrected chi connectivity index (χ0v) is 8.70. The fourth-order valence-corrected chi connectivity index (χ4v) is 1.49. The first-order chi connectivity index (χ1) is 6.75. The van der Waals surface area contributed by atoms with E-state index in [0.29, 0.717) is 5.82 Å². The second-order valence-corrected chi connectivity index (χ2v) is 3.65. The monoisotopic (exact) mass is 252 g/mol. The summed E-state index contributed by atoms with van der Waals surface area (Å²) in [6.07, 6.45) is 2.31. The Bertz CT molecular complexity index is 442. The minimum Gasteiger partial charge on any atom is -0.233 e. The molecule has 0 saturated carbocycles.